The van der Waals surface area contributed by atoms with E-state index in [2.05, 4.69) is 15.3 Å². The number of nitrogens with zero attached hydrogens (tertiary/aromatic N) is 2. The molecule has 1 unspecified atom stereocenters. The number of phenolic OH excluding ortho intramolecular Hbond substituents is 1. The molecule has 1 atom stereocenters. The predicted octanol–water partition coefficient (Wildman–Crippen LogP) is 1.90. The van der Waals surface area contributed by atoms with Crippen LogP contribution < -0.4 is 11.1 Å². The molecule has 0 saturated heterocycles. The Morgan fingerprint density at radius 2 is 1.73 bits per heavy atom. The van der Waals surface area contributed by atoms with Crippen molar-refractivity contribution in [3.63, 3.8) is 0 Å². The smallest absolute Gasteiger partial charge is 0.242 e. The molecule has 0 bridgehead atoms. The summed E-state index contributed by atoms with van der Waals surface area (Å²) < 4.78 is 0. The lowest BCUT2D eigenvalue weighted by molar-refractivity contribution is -0.125. The fourth-order valence-corrected chi connectivity index (χ4v) is 2.89. The van der Waals surface area contributed by atoms with E-state index in [1.165, 1.54) is 0 Å². The van der Waals surface area contributed by atoms with E-state index in [9.17, 15) is 9.90 Å². The molecule has 0 fully saturated rings. The number of aromatic nitrogens is 2. The lowest BCUT2D eigenvalue weighted by atomic mass is 9.83. The van der Waals surface area contributed by atoms with Crippen LogP contribution >= 0.6 is 0 Å². The molecule has 0 saturated carbocycles. The number of hydrogen-bond donors (Lipinski definition) is 3. The minimum Gasteiger partial charge on any atom is -0.508 e. The maximum absolute atomic E-state index is 12.6. The number of pyridine rings is 2. The molecule has 2 heterocycles. The third-order valence-electron chi connectivity index (χ3n) is 4.32. The van der Waals surface area contributed by atoms with Crippen molar-refractivity contribution in [1.29, 1.82) is 0 Å². The molecule has 0 radical (unpaired) electrons. The summed E-state index contributed by atoms with van der Waals surface area (Å²) in [7, 11) is 0. The summed E-state index contributed by atoms with van der Waals surface area (Å²) in [5, 5.41) is 12.9. The molecule has 0 aliphatic rings. The molecule has 6 heteroatoms. The van der Waals surface area contributed by atoms with Gasteiger partial charge in [-0.15, -0.1) is 0 Å². The molecule has 6 nitrogen and oxygen atoms in total. The Morgan fingerprint density at radius 1 is 1.00 bits per heavy atom. The zero-order valence-electron chi connectivity index (χ0n) is 14.2. The zero-order valence-corrected chi connectivity index (χ0v) is 14.2. The highest BCUT2D eigenvalue weighted by Gasteiger charge is 2.38. The average molecular weight is 348 g/mol. The van der Waals surface area contributed by atoms with Gasteiger partial charge in [-0.1, -0.05) is 18.2 Å². The number of hydrogen-bond acceptors (Lipinski definition) is 5. The summed E-state index contributed by atoms with van der Waals surface area (Å²) in [6.45, 7) is 0.419. The first-order valence-electron chi connectivity index (χ1n) is 8.22. The van der Waals surface area contributed by atoms with Crippen molar-refractivity contribution in [3.05, 3.63) is 90.0 Å². The van der Waals surface area contributed by atoms with E-state index in [1.807, 2.05) is 24.3 Å². The number of rotatable bonds is 7. The molecule has 26 heavy (non-hydrogen) atoms. The predicted molar refractivity (Wildman–Crippen MR) is 98.0 cm³/mol. The number of primary amides is 1. The summed E-state index contributed by atoms with van der Waals surface area (Å²) in [4.78, 5) is 20.7. The second kappa shape index (κ2) is 7.76. The first kappa shape index (κ1) is 17.6. The van der Waals surface area contributed by atoms with Gasteiger partial charge in [-0.05, 0) is 47.0 Å². The number of carbonyl (C=O) groups is 1. The number of nitrogens with two attached hydrogens (primary N) is 1. The van der Waals surface area contributed by atoms with Gasteiger partial charge in [-0.3, -0.25) is 20.1 Å². The highest BCUT2D eigenvalue weighted by Crippen LogP contribution is 2.28. The molecular formula is C20H20N4O2. The Kier molecular flexibility index (Phi) is 5.24. The molecule has 0 spiro atoms. The van der Waals surface area contributed by atoms with Crippen LogP contribution in [-0.4, -0.2) is 21.0 Å². The summed E-state index contributed by atoms with van der Waals surface area (Å²) in [5.41, 5.74) is 7.27. The van der Waals surface area contributed by atoms with Gasteiger partial charge in [-0.2, -0.15) is 0 Å². The van der Waals surface area contributed by atoms with E-state index in [1.54, 1.807) is 49.1 Å². The SMILES string of the molecule is NC(=O)C(Cc1ccncc1)(NCc1cccnc1)c1ccc(O)cc1. The van der Waals surface area contributed by atoms with Crippen molar-refractivity contribution in [2.24, 2.45) is 5.73 Å². The van der Waals surface area contributed by atoms with Crippen LogP contribution in [0.5, 0.6) is 5.75 Å². The second-order valence-corrected chi connectivity index (χ2v) is 6.06. The van der Waals surface area contributed by atoms with Crippen molar-refractivity contribution < 1.29 is 9.90 Å². The molecule has 3 aromatic rings. The van der Waals surface area contributed by atoms with E-state index >= 15 is 0 Å². The Hall–Kier alpha value is -3.25. The van der Waals surface area contributed by atoms with Crippen molar-refractivity contribution in [2.75, 3.05) is 0 Å². The quantitative estimate of drug-likeness (QED) is 0.605. The lowest BCUT2D eigenvalue weighted by Crippen LogP contribution is -2.54. The molecule has 132 valence electrons. The van der Waals surface area contributed by atoms with Crippen molar-refractivity contribution in [3.8, 4) is 5.75 Å². The topological polar surface area (TPSA) is 101 Å². The third-order valence-corrected chi connectivity index (χ3v) is 4.32. The van der Waals surface area contributed by atoms with Gasteiger partial charge >= 0.3 is 0 Å². The summed E-state index contributed by atoms with van der Waals surface area (Å²) in [6.07, 6.45) is 7.15. The molecule has 4 N–H and O–H groups in total. The molecule has 3 rings (SSSR count). The van der Waals surface area contributed by atoms with E-state index in [-0.39, 0.29) is 5.75 Å². The van der Waals surface area contributed by atoms with Gasteiger partial charge in [0.05, 0.1) is 0 Å². The number of amides is 1. The zero-order chi connectivity index (χ0) is 18.4. The van der Waals surface area contributed by atoms with Crippen molar-refractivity contribution in [2.45, 2.75) is 18.5 Å². The van der Waals surface area contributed by atoms with Gasteiger partial charge in [0.1, 0.15) is 11.3 Å². The number of aromatic hydroxyl groups is 1. The summed E-state index contributed by atoms with van der Waals surface area (Å²) in [6, 6.07) is 14.0. The number of carbonyl (C=O) groups excluding carboxylic acids is 1. The van der Waals surface area contributed by atoms with Crippen LogP contribution in [0.15, 0.2) is 73.3 Å². The highest BCUT2D eigenvalue weighted by atomic mass is 16.3. The van der Waals surface area contributed by atoms with Gasteiger partial charge in [0.15, 0.2) is 0 Å². The minimum atomic E-state index is -1.13. The van der Waals surface area contributed by atoms with E-state index in [0.717, 1.165) is 11.1 Å². The second-order valence-electron chi connectivity index (χ2n) is 6.06. The first-order valence-corrected chi connectivity index (χ1v) is 8.22. The maximum atomic E-state index is 12.6. The Labute approximate surface area is 151 Å². The van der Waals surface area contributed by atoms with Gasteiger partial charge in [0.2, 0.25) is 5.91 Å². The molecule has 0 aliphatic carbocycles. The monoisotopic (exact) mass is 348 g/mol. The highest BCUT2D eigenvalue weighted by molar-refractivity contribution is 5.86. The molecule has 0 aliphatic heterocycles. The molecule has 1 amide bonds. The van der Waals surface area contributed by atoms with Crippen LogP contribution in [-0.2, 0) is 23.3 Å². The van der Waals surface area contributed by atoms with Crippen molar-refractivity contribution >= 4 is 5.91 Å². The van der Waals surface area contributed by atoms with Crippen LogP contribution in [0.2, 0.25) is 0 Å². The van der Waals surface area contributed by atoms with Gasteiger partial charge in [-0.25, -0.2) is 0 Å². The fraction of sp³-hybridized carbons (Fsp3) is 0.150. The minimum absolute atomic E-state index is 0.128. The van der Waals surface area contributed by atoms with Crippen LogP contribution in [0.4, 0.5) is 0 Å². The maximum Gasteiger partial charge on any atom is 0.242 e. The van der Waals surface area contributed by atoms with Crippen LogP contribution in [0, 0.1) is 0 Å². The van der Waals surface area contributed by atoms with Crippen LogP contribution in [0.3, 0.4) is 0 Å². The Balaban J connectivity index is 1.99. The molecular weight excluding hydrogens is 328 g/mol. The Bertz CT molecular complexity index is 854. The van der Waals surface area contributed by atoms with E-state index < -0.39 is 11.4 Å². The van der Waals surface area contributed by atoms with Gasteiger partial charge in [0, 0.05) is 37.8 Å². The van der Waals surface area contributed by atoms with Crippen LogP contribution in [0.25, 0.3) is 0 Å². The third kappa shape index (κ3) is 3.87. The van der Waals surface area contributed by atoms with E-state index in [4.69, 9.17) is 5.73 Å². The lowest BCUT2D eigenvalue weighted by Gasteiger charge is -2.33. The summed E-state index contributed by atoms with van der Waals surface area (Å²) in [5.74, 6) is -0.368. The average Bonchev–Trinajstić information content (AvgIpc) is 2.67. The number of phenols is 1. The largest absolute Gasteiger partial charge is 0.508 e. The Morgan fingerprint density at radius 3 is 2.35 bits per heavy atom. The number of nitrogens with one attached hydrogen (secondary N) is 1. The normalized spacial score (nSPS) is 13.1. The first-order chi connectivity index (χ1) is 12.6. The summed E-state index contributed by atoms with van der Waals surface area (Å²) >= 11 is 0. The molecule has 1 aromatic carbocycles. The fourth-order valence-electron chi connectivity index (χ4n) is 2.89. The molecule has 2 aromatic heterocycles. The standard InChI is InChI=1S/C20H20N4O2/c21-19(26)20(12-15-7-10-22-11-8-15,17-3-5-18(25)6-4-17)24-14-16-2-1-9-23-13-16/h1-11,13,24-25H,12,14H2,(H2,21,26). The van der Waals surface area contributed by atoms with Gasteiger partial charge < -0.3 is 10.8 Å². The van der Waals surface area contributed by atoms with Crippen LogP contribution in [0.1, 0.15) is 16.7 Å². The van der Waals surface area contributed by atoms with Crippen molar-refractivity contribution in [1.82, 2.24) is 15.3 Å². The van der Waals surface area contributed by atoms with Gasteiger partial charge in [0.25, 0.3) is 0 Å². The number of benzene rings is 1. The van der Waals surface area contributed by atoms with E-state index in [0.29, 0.717) is 18.5 Å².